The van der Waals surface area contributed by atoms with Crippen molar-refractivity contribution < 1.29 is 4.74 Å². The van der Waals surface area contributed by atoms with Gasteiger partial charge in [-0.25, -0.2) is 0 Å². The molecule has 0 aliphatic carbocycles. The Labute approximate surface area is 132 Å². The van der Waals surface area contributed by atoms with Gasteiger partial charge in [0.05, 0.1) is 18.4 Å². The molecular formula is C19H24N2O. The molecule has 1 aromatic carbocycles. The summed E-state index contributed by atoms with van der Waals surface area (Å²) >= 11 is 0. The molecule has 116 valence electrons. The first-order valence-electron chi connectivity index (χ1n) is 8.05. The number of benzene rings is 1. The van der Waals surface area contributed by atoms with Crippen LogP contribution in [0.2, 0.25) is 0 Å². The van der Waals surface area contributed by atoms with Crippen LogP contribution in [0.4, 0.5) is 0 Å². The van der Waals surface area contributed by atoms with Gasteiger partial charge >= 0.3 is 0 Å². The van der Waals surface area contributed by atoms with Crippen LogP contribution in [0.5, 0.6) is 0 Å². The quantitative estimate of drug-likeness (QED) is 0.847. The second kappa shape index (κ2) is 7.52. The molecule has 0 amide bonds. The lowest BCUT2D eigenvalue weighted by molar-refractivity contribution is -0.0384. The van der Waals surface area contributed by atoms with Crippen LogP contribution in [0, 0.1) is 5.92 Å². The number of pyridine rings is 1. The highest BCUT2D eigenvalue weighted by Crippen LogP contribution is 2.24. The normalized spacial score (nSPS) is 22.6. The first-order valence-corrected chi connectivity index (χ1v) is 8.05. The molecule has 0 N–H and O–H groups in total. The van der Waals surface area contributed by atoms with E-state index in [-0.39, 0.29) is 0 Å². The minimum atomic E-state index is 0.318. The van der Waals surface area contributed by atoms with Crippen molar-refractivity contribution in [3.05, 3.63) is 66.0 Å². The van der Waals surface area contributed by atoms with Crippen LogP contribution in [0.25, 0.3) is 0 Å². The number of hydrogen-bond acceptors (Lipinski definition) is 3. The van der Waals surface area contributed by atoms with Gasteiger partial charge in [-0.3, -0.25) is 4.98 Å². The number of aromatic nitrogens is 1. The molecule has 1 saturated heterocycles. The Morgan fingerprint density at radius 2 is 1.95 bits per heavy atom. The zero-order valence-corrected chi connectivity index (χ0v) is 13.2. The number of ether oxygens (including phenoxy) is 1. The zero-order chi connectivity index (χ0) is 15.2. The van der Waals surface area contributed by atoms with Gasteiger partial charge in [0.1, 0.15) is 0 Å². The molecule has 1 aromatic heterocycles. The van der Waals surface area contributed by atoms with Crippen molar-refractivity contribution in [3.8, 4) is 0 Å². The van der Waals surface area contributed by atoms with Crippen LogP contribution in [-0.4, -0.2) is 36.1 Å². The molecule has 0 spiro atoms. The van der Waals surface area contributed by atoms with E-state index < -0.39 is 0 Å². The monoisotopic (exact) mass is 296 g/mol. The molecule has 22 heavy (non-hydrogen) atoms. The lowest BCUT2D eigenvalue weighted by atomic mass is 9.89. The van der Waals surface area contributed by atoms with E-state index in [4.69, 9.17) is 4.74 Å². The average molecular weight is 296 g/mol. The first-order chi connectivity index (χ1) is 10.8. The predicted molar refractivity (Wildman–Crippen MR) is 88.6 cm³/mol. The Balaban J connectivity index is 1.62. The van der Waals surface area contributed by atoms with Gasteiger partial charge in [0.15, 0.2) is 0 Å². The fraction of sp³-hybridized carbons (Fsp3) is 0.421. The maximum Gasteiger partial charge on any atom is 0.0891 e. The second-order valence-corrected chi connectivity index (χ2v) is 6.17. The Kier molecular flexibility index (Phi) is 5.20. The Morgan fingerprint density at radius 3 is 2.73 bits per heavy atom. The SMILES string of the molecule is CN1CC[C@@H](OCc2ccccn2)[C@H](Cc2ccccc2)C1. The van der Waals surface area contributed by atoms with Gasteiger partial charge in [-0.1, -0.05) is 36.4 Å². The third-order valence-electron chi connectivity index (χ3n) is 4.38. The lowest BCUT2D eigenvalue weighted by Gasteiger charge is -2.36. The topological polar surface area (TPSA) is 25.4 Å². The highest BCUT2D eigenvalue weighted by Gasteiger charge is 2.28. The summed E-state index contributed by atoms with van der Waals surface area (Å²) in [4.78, 5) is 6.76. The minimum absolute atomic E-state index is 0.318. The highest BCUT2D eigenvalue weighted by atomic mass is 16.5. The van der Waals surface area contributed by atoms with Gasteiger partial charge in [0.25, 0.3) is 0 Å². The molecule has 0 bridgehead atoms. The van der Waals surface area contributed by atoms with Crippen molar-refractivity contribution in [1.29, 1.82) is 0 Å². The summed E-state index contributed by atoms with van der Waals surface area (Å²) in [5, 5.41) is 0. The Hall–Kier alpha value is -1.71. The van der Waals surface area contributed by atoms with E-state index >= 15 is 0 Å². The summed E-state index contributed by atoms with van der Waals surface area (Å²) in [7, 11) is 2.20. The van der Waals surface area contributed by atoms with E-state index in [1.165, 1.54) is 5.56 Å². The van der Waals surface area contributed by atoms with Gasteiger partial charge in [-0.2, -0.15) is 0 Å². The number of hydrogen-bond donors (Lipinski definition) is 0. The van der Waals surface area contributed by atoms with Crippen LogP contribution >= 0.6 is 0 Å². The summed E-state index contributed by atoms with van der Waals surface area (Å²) < 4.78 is 6.21. The van der Waals surface area contributed by atoms with Crippen LogP contribution < -0.4 is 0 Å². The molecule has 0 radical (unpaired) electrons. The Bertz CT molecular complexity index is 558. The smallest absolute Gasteiger partial charge is 0.0891 e. The summed E-state index contributed by atoms with van der Waals surface area (Å²) in [6.45, 7) is 2.82. The van der Waals surface area contributed by atoms with E-state index in [0.717, 1.165) is 31.6 Å². The molecule has 2 aromatic rings. The van der Waals surface area contributed by atoms with E-state index in [0.29, 0.717) is 18.6 Å². The zero-order valence-electron chi connectivity index (χ0n) is 13.2. The summed E-state index contributed by atoms with van der Waals surface area (Å²) in [5.74, 6) is 0.546. The number of piperidine rings is 1. The average Bonchev–Trinajstić information content (AvgIpc) is 2.56. The van der Waals surface area contributed by atoms with Crippen molar-refractivity contribution in [2.24, 2.45) is 5.92 Å². The summed E-state index contributed by atoms with van der Waals surface area (Å²) in [6.07, 6.45) is 4.33. The van der Waals surface area contributed by atoms with Crippen LogP contribution in [0.3, 0.4) is 0 Å². The molecule has 2 heterocycles. The first kappa shape index (κ1) is 15.2. The van der Waals surface area contributed by atoms with Gasteiger partial charge in [0.2, 0.25) is 0 Å². The maximum absolute atomic E-state index is 6.21. The number of nitrogens with zero attached hydrogens (tertiary/aromatic N) is 2. The Morgan fingerprint density at radius 1 is 1.14 bits per heavy atom. The second-order valence-electron chi connectivity index (χ2n) is 6.17. The minimum Gasteiger partial charge on any atom is -0.372 e. The fourth-order valence-electron chi connectivity index (χ4n) is 3.20. The van der Waals surface area contributed by atoms with Crippen molar-refractivity contribution >= 4 is 0 Å². The lowest BCUT2D eigenvalue weighted by Crippen LogP contribution is -2.43. The summed E-state index contributed by atoms with van der Waals surface area (Å²) in [6, 6.07) is 16.7. The molecule has 3 heteroatoms. The van der Waals surface area contributed by atoms with E-state index in [1.807, 2.05) is 24.4 Å². The van der Waals surface area contributed by atoms with Crippen molar-refractivity contribution in [1.82, 2.24) is 9.88 Å². The molecule has 3 rings (SSSR count). The number of likely N-dealkylation sites (tertiary alicyclic amines) is 1. The van der Waals surface area contributed by atoms with Crippen LogP contribution in [-0.2, 0) is 17.8 Å². The molecular weight excluding hydrogens is 272 g/mol. The molecule has 1 aliphatic heterocycles. The van der Waals surface area contributed by atoms with Gasteiger partial charge in [-0.05, 0) is 37.6 Å². The third kappa shape index (κ3) is 4.15. The highest BCUT2D eigenvalue weighted by molar-refractivity contribution is 5.16. The van der Waals surface area contributed by atoms with Crippen molar-refractivity contribution in [2.75, 3.05) is 20.1 Å². The van der Waals surface area contributed by atoms with Crippen LogP contribution in [0.15, 0.2) is 54.7 Å². The van der Waals surface area contributed by atoms with Crippen molar-refractivity contribution in [2.45, 2.75) is 25.6 Å². The third-order valence-corrected chi connectivity index (χ3v) is 4.38. The van der Waals surface area contributed by atoms with E-state index in [2.05, 4.69) is 47.3 Å². The van der Waals surface area contributed by atoms with E-state index in [9.17, 15) is 0 Å². The van der Waals surface area contributed by atoms with E-state index in [1.54, 1.807) is 0 Å². The van der Waals surface area contributed by atoms with Gasteiger partial charge < -0.3 is 9.64 Å². The van der Waals surface area contributed by atoms with Crippen molar-refractivity contribution in [3.63, 3.8) is 0 Å². The fourth-order valence-corrected chi connectivity index (χ4v) is 3.20. The molecule has 0 unspecified atom stereocenters. The molecule has 2 atom stereocenters. The van der Waals surface area contributed by atoms with Gasteiger partial charge in [-0.15, -0.1) is 0 Å². The standard InChI is InChI=1S/C19H24N2O/c1-21-12-10-19(22-15-18-9-5-6-11-20-18)17(14-21)13-16-7-3-2-4-8-16/h2-9,11,17,19H,10,12-15H2,1H3/t17-,19-/m1/s1. The van der Waals surface area contributed by atoms with Gasteiger partial charge in [0, 0.05) is 25.2 Å². The molecule has 3 nitrogen and oxygen atoms in total. The largest absolute Gasteiger partial charge is 0.372 e. The predicted octanol–water partition coefficient (Wildman–Crippen LogP) is 3.16. The number of rotatable bonds is 5. The van der Waals surface area contributed by atoms with Crippen LogP contribution in [0.1, 0.15) is 17.7 Å². The molecule has 1 aliphatic rings. The summed E-state index contributed by atoms with van der Waals surface area (Å²) in [5.41, 5.74) is 2.41. The molecule has 1 fully saturated rings. The maximum atomic E-state index is 6.21. The molecule has 0 saturated carbocycles.